The molecule has 0 amide bonds. The van der Waals surface area contributed by atoms with Crippen molar-refractivity contribution in [2.24, 2.45) is 0 Å². The van der Waals surface area contributed by atoms with E-state index in [9.17, 15) is 4.39 Å². The van der Waals surface area contributed by atoms with Gasteiger partial charge in [0.25, 0.3) is 0 Å². The number of aromatic nitrogens is 2. The fraction of sp³-hybridized carbons (Fsp3) is 0.312. The monoisotopic (exact) mass is 287 g/mol. The lowest BCUT2D eigenvalue weighted by atomic mass is 10.0. The van der Waals surface area contributed by atoms with E-state index in [0.29, 0.717) is 18.9 Å². The van der Waals surface area contributed by atoms with Crippen molar-refractivity contribution in [1.82, 2.24) is 15.1 Å². The highest BCUT2D eigenvalue weighted by Gasteiger charge is 2.21. The molecule has 21 heavy (non-hydrogen) atoms. The molecular formula is C16H18FN3O. The largest absolute Gasteiger partial charge is 0.490 e. The molecule has 1 aliphatic heterocycles. The van der Waals surface area contributed by atoms with E-state index in [2.05, 4.69) is 17.0 Å². The van der Waals surface area contributed by atoms with Crippen molar-refractivity contribution in [1.29, 1.82) is 0 Å². The highest BCUT2D eigenvalue weighted by molar-refractivity contribution is 5.38. The molecule has 1 N–H and O–H groups in total. The first-order chi connectivity index (χ1) is 10.3. The Morgan fingerprint density at radius 2 is 2.43 bits per heavy atom. The van der Waals surface area contributed by atoms with Crippen molar-refractivity contribution in [2.75, 3.05) is 6.61 Å². The maximum absolute atomic E-state index is 13.9. The van der Waals surface area contributed by atoms with Gasteiger partial charge in [-0.25, -0.2) is 9.07 Å². The molecule has 110 valence electrons. The van der Waals surface area contributed by atoms with E-state index in [4.69, 9.17) is 4.74 Å². The minimum atomic E-state index is -0.291. The molecule has 1 atom stereocenters. The molecule has 1 aliphatic rings. The van der Waals surface area contributed by atoms with Crippen molar-refractivity contribution >= 4 is 6.20 Å². The average molecular weight is 287 g/mol. The number of para-hydroxylation sites is 1. The molecule has 0 saturated carbocycles. The standard InChI is InChI=1S/C16H18FN3O/c1-2-20-11-12(10-19-20)9-18-15-7-4-8-21-16-13(15)5-3-6-14(16)17/h2-3,5-6,10-11,15,18H,1,4,7-9H2. The Bertz CT molecular complexity index is 638. The first-order valence-corrected chi connectivity index (χ1v) is 7.08. The molecule has 0 spiro atoms. The Labute approximate surface area is 123 Å². The molecule has 3 rings (SSSR count). The fourth-order valence-electron chi connectivity index (χ4n) is 2.59. The molecule has 0 fully saturated rings. The van der Waals surface area contributed by atoms with E-state index >= 15 is 0 Å². The van der Waals surface area contributed by atoms with Gasteiger partial charge in [0, 0.05) is 36.1 Å². The van der Waals surface area contributed by atoms with E-state index in [1.807, 2.05) is 12.3 Å². The summed E-state index contributed by atoms with van der Waals surface area (Å²) in [5.74, 6) is 0.0926. The van der Waals surface area contributed by atoms with Gasteiger partial charge in [-0.15, -0.1) is 0 Å². The predicted molar refractivity (Wildman–Crippen MR) is 79.3 cm³/mol. The van der Waals surface area contributed by atoms with Gasteiger partial charge >= 0.3 is 0 Å². The smallest absolute Gasteiger partial charge is 0.165 e. The summed E-state index contributed by atoms with van der Waals surface area (Å²) in [7, 11) is 0. The minimum absolute atomic E-state index is 0.0882. The van der Waals surface area contributed by atoms with E-state index in [1.54, 1.807) is 23.1 Å². The van der Waals surface area contributed by atoms with Crippen LogP contribution in [0.5, 0.6) is 5.75 Å². The second kappa shape index (κ2) is 6.10. The molecule has 4 nitrogen and oxygen atoms in total. The first-order valence-electron chi connectivity index (χ1n) is 7.08. The number of rotatable bonds is 4. The number of ether oxygens (including phenoxy) is 1. The van der Waals surface area contributed by atoms with Crippen LogP contribution in [-0.2, 0) is 6.54 Å². The lowest BCUT2D eigenvalue weighted by Gasteiger charge is -2.18. The van der Waals surface area contributed by atoms with Crippen molar-refractivity contribution in [2.45, 2.75) is 25.4 Å². The van der Waals surface area contributed by atoms with Gasteiger partial charge in [-0.1, -0.05) is 18.7 Å². The third-order valence-corrected chi connectivity index (χ3v) is 3.65. The number of halogens is 1. The summed E-state index contributed by atoms with van der Waals surface area (Å²) >= 11 is 0. The number of nitrogens with zero attached hydrogens (tertiary/aromatic N) is 2. The normalized spacial score (nSPS) is 17.7. The zero-order valence-corrected chi connectivity index (χ0v) is 11.8. The average Bonchev–Trinajstić information content (AvgIpc) is 2.86. The molecule has 2 aromatic rings. The Kier molecular flexibility index (Phi) is 4.01. The highest BCUT2D eigenvalue weighted by atomic mass is 19.1. The Balaban J connectivity index is 1.76. The Morgan fingerprint density at radius 1 is 1.52 bits per heavy atom. The zero-order valence-electron chi connectivity index (χ0n) is 11.8. The third-order valence-electron chi connectivity index (χ3n) is 3.65. The molecule has 1 aromatic heterocycles. The van der Waals surface area contributed by atoms with Gasteiger partial charge in [0.2, 0.25) is 0 Å². The van der Waals surface area contributed by atoms with E-state index in [-0.39, 0.29) is 11.9 Å². The van der Waals surface area contributed by atoms with Crippen LogP contribution in [0.1, 0.15) is 30.0 Å². The second-order valence-corrected chi connectivity index (χ2v) is 5.09. The van der Waals surface area contributed by atoms with Gasteiger partial charge in [0.15, 0.2) is 11.6 Å². The Morgan fingerprint density at radius 3 is 3.24 bits per heavy atom. The van der Waals surface area contributed by atoms with E-state index in [0.717, 1.165) is 24.0 Å². The Hall–Kier alpha value is -2.14. The summed E-state index contributed by atoms with van der Waals surface area (Å²) in [5, 5.41) is 7.61. The van der Waals surface area contributed by atoms with Crippen LogP contribution < -0.4 is 10.1 Å². The molecule has 0 aliphatic carbocycles. The summed E-state index contributed by atoms with van der Waals surface area (Å²) in [4.78, 5) is 0. The van der Waals surface area contributed by atoms with Crippen molar-refractivity contribution in [3.05, 3.63) is 54.1 Å². The first kappa shape index (κ1) is 13.8. The van der Waals surface area contributed by atoms with Gasteiger partial charge in [-0.05, 0) is 18.9 Å². The number of hydrogen-bond donors (Lipinski definition) is 1. The topological polar surface area (TPSA) is 39.1 Å². The number of benzene rings is 1. The summed E-state index contributed by atoms with van der Waals surface area (Å²) < 4.78 is 21.1. The van der Waals surface area contributed by atoms with Crippen LogP contribution in [0.2, 0.25) is 0 Å². The SMILES string of the molecule is C=Cn1cc(CNC2CCCOc3c(F)cccc32)cn1. The summed E-state index contributed by atoms with van der Waals surface area (Å²) in [6.45, 7) is 4.90. The molecular weight excluding hydrogens is 269 g/mol. The minimum Gasteiger partial charge on any atom is -0.490 e. The van der Waals surface area contributed by atoms with Crippen LogP contribution in [0.15, 0.2) is 37.2 Å². The van der Waals surface area contributed by atoms with Gasteiger partial charge in [-0.2, -0.15) is 5.10 Å². The lowest BCUT2D eigenvalue weighted by Crippen LogP contribution is -2.20. The molecule has 1 unspecified atom stereocenters. The molecule has 0 bridgehead atoms. The number of hydrogen-bond acceptors (Lipinski definition) is 3. The highest BCUT2D eigenvalue weighted by Crippen LogP contribution is 2.33. The molecule has 2 heterocycles. The van der Waals surface area contributed by atoms with Gasteiger partial charge in [-0.3, -0.25) is 0 Å². The van der Waals surface area contributed by atoms with Crippen molar-refractivity contribution in [3.63, 3.8) is 0 Å². The molecule has 1 aromatic carbocycles. The molecule has 0 radical (unpaired) electrons. The maximum atomic E-state index is 13.9. The van der Waals surface area contributed by atoms with Gasteiger partial charge in [0.05, 0.1) is 12.8 Å². The van der Waals surface area contributed by atoms with Crippen LogP contribution in [0.4, 0.5) is 4.39 Å². The third kappa shape index (κ3) is 2.97. The van der Waals surface area contributed by atoms with Crippen LogP contribution in [0.25, 0.3) is 6.20 Å². The summed E-state index contributed by atoms with van der Waals surface area (Å²) in [5.41, 5.74) is 1.96. The number of nitrogens with one attached hydrogen (secondary N) is 1. The quantitative estimate of drug-likeness (QED) is 0.939. The lowest BCUT2D eigenvalue weighted by molar-refractivity contribution is 0.300. The van der Waals surface area contributed by atoms with Crippen LogP contribution in [0, 0.1) is 5.82 Å². The van der Waals surface area contributed by atoms with E-state index < -0.39 is 0 Å². The van der Waals surface area contributed by atoms with Gasteiger partial charge < -0.3 is 10.1 Å². The van der Waals surface area contributed by atoms with Gasteiger partial charge in [0.1, 0.15) is 0 Å². The van der Waals surface area contributed by atoms with Crippen molar-refractivity contribution in [3.8, 4) is 5.75 Å². The predicted octanol–water partition coefficient (Wildman–Crippen LogP) is 3.13. The zero-order chi connectivity index (χ0) is 14.7. The molecule has 5 heteroatoms. The second-order valence-electron chi connectivity index (χ2n) is 5.09. The van der Waals surface area contributed by atoms with E-state index in [1.165, 1.54) is 6.07 Å². The fourth-order valence-corrected chi connectivity index (χ4v) is 2.59. The summed E-state index contributed by atoms with van der Waals surface area (Å²) in [6, 6.07) is 5.18. The van der Waals surface area contributed by atoms with Crippen LogP contribution in [-0.4, -0.2) is 16.4 Å². The molecule has 0 saturated heterocycles. The maximum Gasteiger partial charge on any atom is 0.165 e. The van der Waals surface area contributed by atoms with Crippen LogP contribution in [0.3, 0.4) is 0 Å². The van der Waals surface area contributed by atoms with Crippen LogP contribution >= 0.6 is 0 Å². The van der Waals surface area contributed by atoms with Crippen molar-refractivity contribution < 1.29 is 9.13 Å². The number of fused-ring (bicyclic) bond motifs is 1. The summed E-state index contributed by atoms with van der Waals surface area (Å²) in [6.07, 6.45) is 7.19.